The first kappa shape index (κ1) is 16.2. The van der Waals surface area contributed by atoms with Crippen molar-refractivity contribution in [3.63, 3.8) is 0 Å². The van der Waals surface area contributed by atoms with Crippen LogP contribution in [0.15, 0.2) is 24.3 Å². The maximum atomic E-state index is 11.7. The van der Waals surface area contributed by atoms with Gasteiger partial charge in [0.25, 0.3) is 0 Å². The highest BCUT2D eigenvalue weighted by atomic mass is 16.5. The van der Waals surface area contributed by atoms with Gasteiger partial charge in [-0.05, 0) is 25.0 Å². The molecule has 0 bridgehead atoms. The highest BCUT2D eigenvalue weighted by Gasteiger charge is 2.03. The van der Waals surface area contributed by atoms with Gasteiger partial charge in [-0.25, -0.2) is 0 Å². The highest BCUT2D eigenvalue weighted by Crippen LogP contribution is 2.07. The Morgan fingerprint density at radius 3 is 2.95 bits per heavy atom. The van der Waals surface area contributed by atoms with Crippen molar-refractivity contribution in [2.24, 2.45) is 0 Å². The summed E-state index contributed by atoms with van der Waals surface area (Å²) in [7, 11) is 0. The molecule has 2 N–H and O–H groups in total. The predicted octanol–water partition coefficient (Wildman–Crippen LogP) is 1.46. The number of rotatable bonds is 7. The average Bonchev–Trinajstić information content (AvgIpc) is 2.48. The van der Waals surface area contributed by atoms with Gasteiger partial charge in [0.2, 0.25) is 5.91 Å². The molecule has 0 aromatic heterocycles. The third kappa shape index (κ3) is 6.37. The minimum atomic E-state index is -0.169. The first-order valence-electron chi connectivity index (χ1n) is 6.80. The summed E-state index contributed by atoms with van der Waals surface area (Å²) < 4.78 is 5.19. The molecular formula is C16H21NO3. The Bertz CT molecular complexity index is 474. The molecule has 0 atom stereocenters. The fourth-order valence-corrected chi connectivity index (χ4v) is 1.69. The Hall–Kier alpha value is -1.83. The summed E-state index contributed by atoms with van der Waals surface area (Å²) in [5, 5.41) is 11.6. The van der Waals surface area contributed by atoms with Crippen molar-refractivity contribution >= 4 is 5.91 Å². The predicted molar refractivity (Wildman–Crippen MR) is 78.0 cm³/mol. The van der Waals surface area contributed by atoms with Gasteiger partial charge in [0.15, 0.2) is 0 Å². The summed E-state index contributed by atoms with van der Waals surface area (Å²) in [4.78, 5) is 11.7. The summed E-state index contributed by atoms with van der Waals surface area (Å²) in [5.74, 6) is 5.50. The summed E-state index contributed by atoms with van der Waals surface area (Å²) in [6.07, 6.45) is 1.19. The Kier molecular flexibility index (Phi) is 8.13. The maximum absolute atomic E-state index is 11.7. The van der Waals surface area contributed by atoms with Crippen LogP contribution in [0.5, 0.6) is 0 Å². The van der Waals surface area contributed by atoms with Gasteiger partial charge in [-0.2, -0.15) is 0 Å². The van der Waals surface area contributed by atoms with Gasteiger partial charge < -0.3 is 15.2 Å². The lowest BCUT2D eigenvalue weighted by atomic mass is 10.1. The van der Waals surface area contributed by atoms with Crippen molar-refractivity contribution in [3.8, 4) is 11.8 Å². The molecule has 0 fully saturated rings. The molecule has 20 heavy (non-hydrogen) atoms. The summed E-state index contributed by atoms with van der Waals surface area (Å²) >= 11 is 0. The standard InChI is InChI=1S/C16H21NO3/c1-2-20-12-6-10-16(19)17-13-15-8-4-3-7-14(15)9-5-11-18/h3-4,7-8,18H,2,6,10-13H2,1H3,(H,17,19). The van der Waals surface area contributed by atoms with E-state index >= 15 is 0 Å². The molecule has 1 aromatic carbocycles. The fraction of sp³-hybridized carbons (Fsp3) is 0.438. The lowest BCUT2D eigenvalue weighted by molar-refractivity contribution is -0.121. The average molecular weight is 275 g/mol. The lowest BCUT2D eigenvalue weighted by Gasteiger charge is -2.07. The Balaban J connectivity index is 2.43. The summed E-state index contributed by atoms with van der Waals surface area (Å²) in [6, 6.07) is 7.58. The minimum Gasteiger partial charge on any atom is -0.384 e. The normalized spacial score (nSPS) is 9.70. The van der Waals surface area contributed by atoms with Crippen LogP contribution in [0.2, 0.25) is 0 Å². The van der Waals surface area contributed by atoms with E-state index in [0.29, 0.717) is 26.2 Å². The number of hydrogen-bond acceptors (Lipinski definition) is 3. The molecule has 0 spiro atoms. The zero-order valence-electron chi connectivity index (χ0n) is 11.8. The number of carbonyl (C=O) groups excluding carboxylic acids is 1. The molecular weight excluding hydrogens is 254 g/mol. The number of nitrogens with one attached hydrogen (secondary N) is 1. The van der Waals surface area contributed by atoms with Gasteiger partial charge in [0.05, 0.1) is 0 Å². The van der Waals surface area contributed by atoms with E-state index in [0.717, 1.165) is 17.5 Å². The Labute approximate surface area is 120 Å². The lowest BCUT2D eigenvalue weighted by Crippen LogP contribution is -2.23. The zero-order chi connectivity index (χ0) is 14.6. The number of hydrogen-bond donors (Lipinski definition) is 2. The van der Waals surface area contributed by atoms with Crippen molar-refractivity contribution in [3.05, 3.63) is 35.4 Å². The molecule has 0 heterocycles. The first-order valence-corrected chi connectivity index (χ1v) is 6.80. The van der Waals surface area contributed by atoms with Crippen LogP contribution in [0, 0.1) is 11.8 Å². The molecule has 0 radical (unpaired) electrons. The maximum Gasteiger partial charge on any atom is 0.220 e. The van der Waals surface area contributed by atoms with Crippen LogP contribution >= 0.6 is 0 Å². The van der Waals surface area contributed by atoms with Gasteiger partial charge >= 0.3 is 0 Å². The van der Waals surface area contributed by atoms with Crippen LogP contribution < -0.4 is 5.32 Å². The minimum absolute atomic E-state index is 0.00891. The van der Waals surface area contributed by atoms with Crippen LogP contribution in [0.4, 0.5) is 0 Å². The monoisotopic (exact) mass is 275 g/mol. The fourth-order valence-electron chi connectivity index (χ4n) is 1.69. The van der Waals surface area contributed by atoms with Crippen molar-refractivity contribution in [1.82, 2.24) is 5.32 Å². The van der Waals surface area contributed by atoms with E-state index in [2.05, 4.69) is 17.2 Å². The van der Waals surface area contributed by atoms with E-state index in [-0.39, 0.29) is 12.5 Å². The van der Waals surface area contributed by atoms with E-state index in [9.17, 15) is 4.79 Å². The molecule has 4 nitrogen and oxygen atoms in total. The molecule has 1 aromatic rings. The second-order valence-corrected chi connectivity index (χ2v) is 4.19. The van der Waals surface area contributed by atoms with Crippen molar-refractivity contribution < 1.29 is 14.6 Å². The second-order valence-electron chi connectivity index (χ2n) is 4.19. The zero-order valence-corrected chi connectivity index (χ0v) is 11.8. The molecule has 0 aliphatic heterocycles. The van der Waals surface area contributed by atoms with Crippen molar-refractivity contribution in [1.29, 1.82) is 0 Å². The van der Waals surface area contributed by atoms with Gasteiger partial charge in [-0.3, -0.25) is 4.79 Å². The number of aliphatic hydroxyl groups excluding tert-OH is 1. The van der Waals surface area contributed by atoms with E-state index in [4.69, 9.17) is 9.84 Å². The van der Waals surface area contributed by atoms with Crippen LogP contribution in [0.3, 0.4) is 0 Å². The molecule has 1 rings (SSSR count). The molecule has 0 saturated carbocycles. The van der Waals surface area contributed by atoms with E-state index < -0.39 is 0 Å². The van der Waals surface area contributed by atoms with Crippen LogP contribution in [0.1, 0.15) is 30.9 Å². The number of amides is 1. The number of benzene rings is 1. The third-order valence-electron chi connectivity index (χ3n) is 2.69. The largest absolute Gasteiger partial charge is 0.384 e. The summed E-state index contributed by atoms with van der Waals surface area (Å²) in [5.41, 5.74) is 1.78. The molecule has 0 unspecified atom stereocenters. The van der Waals surface area contributed by atoms with Crippen LogP contribution in [-0.4, -0.2) is 30.8 Å². The van der Waals surface area contributed by atoms with Crippen LogP contribution in [0.25, 0.3) is 0 Å². The van der Waals surface area contributed by atoms with Gasteiger partial charge in [0.1, 0.15) is 6.61 Å². The Morgan fingerprint density at radius 1 is 1.40 bits per heavy atom. The summed E-state index contributed by atoms with van der Waals surface area (Å²) in [6.45, 7) is 3.51. The molecule has 1 amide bonds. The number of ether oxygens (including phenoxy) is 1. The quantitative estimate of drug-likeness (QED) is 0.585. The van der Waals surface area contributed by atoms with Crippen molar-refractivity contribution in [2.45, 2.75) is 26.3 Å². The number of aliphatic hydroxyl groups is 1. The van der Waals surface area contributed by atoms with Gasteiger partial charge in [0, 0.05) is 31.7 Å². The third-order valence-corrected chi connectivity index (χ3v) is 2.69. The van der Waals surface area contributed by atoms with Crippen molar-refractivity contribution in [2.75, 3.05) is 19.8 Å². The topological polar surface area (TPSA) is 58.6 Å². The molecule has 0 aliphatic carbocycles. The Morgan fingerprint density at radius 2 is 2.20 bits per heavy atom. The van der Waals surface area contributed by atoms with Gasteiger partial charge in [-0.15, -0.1) is 0 Å². The first-order chi connectivity index (χ1) is 9.77. The molecule has 0 saturated heterocycles. The molecule has 108 valence electrons. The van der Waals surface area contributed by atoms with E-state index in [1.807, 2.05) is 31.2 Å². The molecule has 4 heteroatoms. The second kappa shape index (κ2) is 10.0. The highest BCUT2D eigenvalue weighted by molar-refractivity contribution is 5.75. The van der Waals surface area contributed by atoms with Gasteiger partial charge in [-0.1, -0.05) is 30.0 Å². The van der Waals surface area contributed by atoms with E-state index in [1.54, 1.807) is 0 Å². The smallest absolute Gasteiger partial charge is 0.220 e. The number of carbonyl (C=O) groups is 1. The van der Waals surface area contributed by atoms with E-state index in [1.165, 1.54) is 0 Å². The van der Waals surface area contributed by atoms with Crippen LogP contribution in [-0.2, 0) is 16.1 Å². The molecule has 0 aliphatic rings. The SMILES string of the molecule is CCOCCCC(=O)NCc1ccccc1C#CCO.